The largest absolute Gasteiger partial charge is 0.344 e. The van der Waals surface area contributed by atoms with Gasteiger partial charge in [-0.05, 0) is 55.5 Å². The Labute approximate surface area is 269 Å². The second-order valence-corrected chi connectivity index (χ2v) is 13.9. The quantitative estimate of drug-likeness (QED) is 0.137. The third-order valence-electron chi connectivity index (χ3n) is 7.04. The number of nitrogens with zero attached hydrogens (tertiary/aromatic N) is 2. The summed E-state index contributed by atoms with van der Waals surface area (Å²) in [6, 6.07) is 16.2. The summed E-state index contributed by atoms with van der Waals surface area (Å²) < 4.78 is 3.35. The van der Waals surface area contributed by atoms with Crippen LogP contribution in [0.5, 0.6) is 0 Å². The van der Waals surface area contributed by atoms with Gasteiger partial charge in [0.05, 0.1) is 23.9 Å². The lowest BCUT2D eigenvalue weighted by Crippen LogP contribution is -2.61. The van der Waals surface area contributed by atoms with Crippen LogP contribution in [0.25, 0.3) is 0 Å². The molecule has 2 atom stereocenters. The normalized spacial score (nSPS) is 12.8. The number of hydrogen-bond donors (Lipinski definition) is 4. The van der Waals surface area contributed by atoms with Crippen LogP contribution in [-0.2, 0) is 19.8 Å². The number of anilines is 1. The highest BCUT2D eigenvalue weighted by Crippen LogP contribution is 2.28. The molecule has 3 amide bonds. The molecule has 0 spiro atoms. The van der Waals surface area contributed by atoms with Crippen molar-refractivity contribution >= 4 is 35.5 Å². The molecule has 0 fully saturated rings. The molecular weight excluding hydrogens is 574 g/mol. The first-order chi connectivity index (χ1) is 20.3. The van der Waals surface area contributed by atoms with Gasteiger partial charge in [0.2, 0.25) is 11.8 Å². The highest BCUT2D eigenvalue weighted by Gasteiger charge is 2.40. The summed E-state index contributed by atoms with van der Waals surface area (Å²) in [6.07, 6.45) is 0. The van der Waals surface area contributed by atoms with Gasteiger partial charge in [-0.1, -0.05) is 97.5 Å². The summed E-state index contributed by atoms with van der Waals surface area (Å²) in [5.74, 6) is -0.159. The van der Waals surface area contributed by atoms with Crippen molar-refractivity contribution in [3.8, 4) is 0 Å². The summed E-state index contributed by atoms with van der Waals surface area (Å²) >= 11 is 0.803. The lowest BCUT2D eigenvalue weighted by atomic mass is 9.76. The molecule has 244 valence electrons. The molecule has 0 aliphatic carbocycles. The Bertz CT molecular complexity index is 1240. The zero-order valence-electron chi connectivity index (χ0n) is 28.3. The van der Waals surface area contributed by atoms with E-state index in [4.69, 9.17) is 0 Å². The average Bonchev–Trinajstić information content (AvgIpc) is 2.94. The predicted molar refractivity (Wildman–Crippen MR) is 182 cm³/mol. The van der Waals surface area contributed by atoms with Crippen LogP contribution in [0.15, 0.2) is 66.7 Å². The molecule has 0 aliphatic heterocycles. The van der Waals surface area contributed by atoms with Crippen LogP contribution in [0, 0.1) is 18.3 Å². The van der Waals surface area contributed by atoms with Crippen LogP contribution >= 0.6 is 12.1 Å². The van der Waals surface area contributed by atoms with Crippen molar-refractivity contribution in [3.63, 3.8) is 0 Å². The molecule has 2 unspecified atom stereocenters. The van der Waals surface area contributed by atoms with Crippen LogP contribution in [0.4, 0.5) is 5.69 Å². The van der Waals surface area contributed by atoms with Crippen LogP contribution in [0.1, 0.15) is 66.5 Å². The van der Waals surface area contributed by atoms with Gasteiger partial charge in [-0.2, -0.15) is 4.47 Å². The number of carbonyl (C=O) groups excluding carboxylic acids is 3. The summed E-state index contributed by atoms with van der Waals surface area (Å²) in [7, 11) is 3.59. The van der Waals surface area contributed by atoms with Crippen LogP contribution in [0.3, 0.4) is 0 Å². The zero-order valence-corrected chi connectivity index (χ0v) is 29.1. The van der Waals surface area contributed by atoms with Gasteiger partial charge in [0.15, 0.2) is 0 Å². The Kier molecular flexibility index (Phi) is 15.1. The van der Waals surface area contributed by atoms with E-state index in [9.17, 15) is 19.6 Å². The maximum atomic E-state index is 13.3. The van der Waals surface area contributed by atoms with Crippen LogP contribution < -0.4 is 19.8 Å². The number of aryl methyl sites for hydroxylation is 1. The zero-order chi connectivity index (χ0) is 33.8. The van der Waals surface area contributed by atoms with Crippen LogP contribution in [-0.4, -0.2) is 60.6 Å². The molecule has 0 aromatic heterocycles. The molecular formula is C34H53N5O4S. The summed E-state index contributed by atoms with van der Waals surface area (Å²) in [5.41, 5.74) is 2.27. The fraction of sp³-hybridized carbons (Fsp3) is 0.500. The van der Waals surface area contributed by atoms with Crippen LogP contribution in [0.2, 0.25) is 0 Å². The van der Waals surface area contributed by atoms with E-state index >= 15 is 0 Å². The molecule has 2 aromatic rings. The predicted octanol–water partition coefficient (Wildman–Crippen LogP) is 5.64. The Morgan fingerprint density at radius 1 is 0.977 bits per heavy atom. The second-order valence-electron chi connectivity index (χ2n) is 13.1. The molecule has 9 nitrogen and oxygen atoms in total. The summed E-state index contributed by atoms with van der Waals surface area (Å²) in [4.78, 5) is 39.2. The molecule has 0 aliphatic rings. The smallest absolute Gasteiger partial charge is 0.257 e. The van der Waals surface area contributed by atoms with Crippen molar-refractivity contribution < 1.29 is 19.6 Å². The van der Waals surface area contributed by atoms with E-state index in [1.54, 1.807) is 38.1 Å². The number of carbonyl (C=O) groups is 3. The standard InChI is InChI=1S/C23H39N3O2.C11H14N2O2S/c1-16(2)15-26(9)21(28)19(22(3,4)5)25-20(27)18(24-8)23(6,7)17-13-11-10-12-14-17;1-8(2)11(14)12-16-13(15)10-6-4-5-9(3)7-10/h10-14,16,18-19,24H,15H2,1-9H3,(H,25,27);4-7,15H,1H2,2-3H3,(H,12,14). The number of benzene rings is 2. The molecule has 0 radical (unpaired) electrons. The molecule has 0 heterocycles. The topological polar surface area (TPSA) is 114 Å². The van der Waals surface area contributed by atoms with Gasteiger partial charge in [0.1, 0.15) is 6.04 Å². The van der Waals surface area contributed by atoms with E-state index < -0.39 is 22.9 Å². The first kappa shape index (κ1) is 38.7. The Morgan fingerprint density at radius 2 is 1.57 bits per heavy atom. The van der Waals surface area contributed by atoms with E-state index in [1.807, 2.05) is 84.0 Å². The van der Waals surface area contributed by atoms with E-state index in [2.05, 4.69) is 35.8 Å². The lowest BCUT2D eigenvalue weighted by molar-refractivity contribution is -0.139. The minimum absolute atomic E-state index is 0.0538. The van der Waals surface area contributed by atoms with Gasteiger partial charge in [-0.25, -0.2) is 0 Å². The minimum atomic E-state index is -0.592. The van der Waals surface area contributed by atoms with Gasteiger partial charge in [0, 0.05) is 24.6 Å². The number of amides is 3. The van der Waals surface area contributed by atoms with Gasteiger partial charge >= 0.3 is 0 Å². The maximum absolute atomic E-state index is 13.3. The first-order valence-electron chi connectivity index (χ1n) is 14.8. The van der Waals surface area contributed by atoms with Crippen molar-refractivity contribution in [3.05, 3.63) is 77.9 Å². The molecule has 0 saturated heterocycles. The maximum Gasteiger partial charge on any atom is 0.257 e. The number of nitrogens with one attached hydrogen (secondary N) is 3. The van der Waals surface area contributed by atoms with E-state index in [0.717, 1.165) is 27.7 Å². The minimum Gasteiger partial charge on any atom is -0.344 e. The monoisotopic (exact) mass is 627 g/mol. The molecule has 0 saturated carbocycles. The average molecular weight is 628 g/mol. The fourth-order valence-electron chi connectivity index (χ4n) is 4.56. The van der Waals surface area contributed by atoms with E-state index in [-0.39, 0.29) is 17.7 Å². The van der Waals surface area contributed by atoms with Gasteiger partial charge in [-0.15, -0.1) is 0 Å². The number of hydrogen-bond acceptors (Lipinski definition) is 7. The Morgan fingerprint density at radius 3 is 2.05 bits per heavy atom. The van der Waals surface area contributed by atoms with Crippen molar-refractivity contribution in [2.45, 2.75) is 79.8 Å². The molecule has 2 rings (SSSR count). The second kappa shape index (κ2) is 17.2. The van der Waals surface area contributed by atoms with Crippen molar-refractivity contribution in [2.24, 2.45) is 11.3 Å². The molecule has 10 heteroatoms. The number of rotatable bonds is 12. The van der Waals surface area contributed by atoms with E-state index in [1.165, 1.54) is 0 Å². The number of likely N-dealkylation sites (N-methyl/N-ethyl adjacent to an activating group) is 2. The molecule has 2 aromatic carbocycles. The molecule has 0 bridgehead atoms. The summed E-state index contributed by atoms with van der Waals surface area (Å²) in [6.45, 7) is 21.9. The third kappa shape index (κ3) is 12.0. The lowest BCUT2D eigenvalue weighted by Gasteiger charge is -2.38. The van der Waals surface area contributed by atoms with E-state index in [0.29, 0.717) is 23.7 Å². The summed E-state index contributed by atoms with van der Waals surface area (Å²) in [5, 5.41) is 15.8. The molecule has 44 heavy (non-hydrogen) atoms. The van der Waals surface area contributed by atoms with Gasteiger partial charge < -0.3 is 15.5 Å². The SMILES string of the molecule is C=C(C)C(=O)NSN(O)c1cccc(C)c1.CNC(C(=O)NC(C(=O)N(C)CC(C)C)C(C)(C)C)C(C)(C)c1ccccc1. The third-order valence-corrected chi connectivity index (χ3v) is 7.70. The molecule has 4 N–H and O–H groups in total. The Balaban J connectivity index is 0.000000511. The van der Waals surface area contributed by atoms with Gasteiger partial charge in [0.25, 0.3) is 5.91 Å². The van der Waals surface area contributed by atoms with Crippen molar-refractivity contribution in [2.75, 3.05) is 25.1 Å². The van der Waals surface area contributed by atoms with Crippen molar-refractivity contribution in [1.29, 1.82) is 0 Å². The fourth-order valence-corrected chi connectivity index (χ4v) is 5.12. The highest BCUT2D eigenvalue weighted by molar-refractivity contribution is 7.99. The Hall–Kier alpha value is -3.34. The van der Waals surface area contributed by atoms with Gasteiger partial charge in [-0.3, -0.25) is 24.3 Å². The van der Waals surface area contributed by atoms with Crippen molar-refractivity contribution in [1.82, 2.24) is 20.3 Å². The highest BCUT2D eigenvalue weighted by atomic mass is 32.2. The first-order valence-corrected chi connectivity index (χ1v) is 15.6.